The number of nitrogens with zero attached hydrogens (tertiary/aromatic N) is 2. The molecule has 0 aromatic carbocycles. The molecular weight excluding hydrogens is 228 g/mol. The summed E-state index contributed by atoms with van der Waals surface area (Å²) in [5.41, 5.74) is -0.371. The van der Waals surface area contributed by atoms with Crippen LogP contribution in [-0.4, -0.2) is 46.8 Å². The molecule has 0 spiro atoms. The summed E-state index contributed by atoms with van der Waals surface area (Å²) in [6.07, 6.45) is 1.34. The highest BCUT2D eigenvalue weighted by Gasteiger charge is 2.36. The molecule has 2 amide bonds. The van der Waals surface area contributed by atoms with Gasteiger partial charge in [0.15, 0.2) is 0 Å². The van der Waals surface area contributed by atoms with Gasteiger partial charge in [0.1, 0.15) is 0 Å². The molecule has 4 heteroatoms. The van der Waals surface area contributed by atoms with Gasteiger partial charge in [-0.3, -0.25) is 9.59 Å². The second-order valence-electron chi connectivity index (χ2n) is 6.11. The maximum atomic E-state index is 12.3. The quantitative estimate of drug-likeness (QED) is 0.666. The normalized spacial score (nSPS) is 24.9. The van der Waals surface area contributed by atoms with Gasteiger partial charge >= 0.3 is 0 Å². The molecule has 1 rings (SSSR count). The van der Waals surface area contributed by atoms with Crippen LogP contribution in [0.2, 0.25) is 0 Å². The van der Waals surface area contributed by atoms with Crippen LogP contribution in [0.3, 0.4) is 0 Å². The predicted molar refractivity (Wildman–Crippen MR) is 72.0 cm³/mol. The van der Waals surface area contributed by atoms with Crippen molar-refractivity contribution in [2.45, 2.75) is 46.7 Å². The second kappa shape index (κ2) is 5.12. The van der Waals surface area contributed by atoms with E-state index in [4.69, 9.17) is 0 Å². The van der Waals surface area contributed by atoms with E-state index in [1.165, 1.54) is 6.08 Å². The number of piperazine rings is 1. The average Bonchev–Trinajstić information content (AvgIpc) is 2.25. The van der Waals surface area contributed by atoms with Crippen molar-refractivity contribution in [1.29, 1.82) is 0 Å². The van der Waals surface area contributed by atoms with E-state index in [0.29, 0.717) is 13.1 Å². The van der Waals surface area contributed by atoms with Crippen molar-refractivity contribution in [2.75, 3.05) is 13.1 Å². The lowest BCUT2D eigenvalue weighted by Crippen LogP contribution is -2.60. The highest BCUT2D eigenvalue weighted by molar-refractivity contribution is 5.88. The van der Waals surface area contributed by atoms with Gasteiger partial charge < -0.3 is 9.80 Å². The van der Waals surface area contributed by atoms with Gasteiger partial charge in [-0.15, -0.1) is 0 Å². The van der Waals surface area contributed by atoms with Crippen molar-refractivity contribution in [1.82, 2.24) is 9.80 Å². The Bertz CT molecular complexity index is 345. The predicted octanol–water partition coefficient (Wildman–Crippen LogP) is 1.67. The maximum Gasteiger partial charge on any atom is 0.246 e. The summed E-state index contributed by atoms with van der Waals surface area (Å²) >= 11 is 0. The summed E-state index contributed by atoms with van der Waals surface area (Å²) in [6, 6.07) is 0.0658. The second-order valence-corrected chi connectivity index (χ2v) is 6.11. The van der Waals surface area contributed by atoms with E-state index in [0.717, 1.165) is 0 Å². The third-order valence-corrected chi connectivity index (χ3v) is 3.28. The summed E-state index contributed by atoms with van der Waals surface area (Å²) < 4.78 is 0. The molecule has 0 aromatic rings. The Kier molecular flexibility index (Phi) is 4.20. The molecule has 0 unspecified atom stereocenters. The molecule has 0 N–H and O–H groups in total. The fraction of sp³-hybridized carbons (Fsp3) is 0.714. The Morgan fingerprint density at radius 2 is 1.61 bits per heavy atom. The molecule has 0 aliphatic carbocycles. The van der Waals surface area contributed by atoms with Gasteiger partial charge in [-0.25, -0.2) is 0 Å². The van der Waals surface area contributed by atoms with E-state index in [-0.39, 0.29) is 29.3 Å². The standard InChI is InChI=1S/C14H24N2O2/c1-7-12(17)16-10(2)8-15(9-11(16)3)13(18)14(4,5)6/h7,10-11H,1,8-9H2,2-6H3/t10-,11+. The molecule has 4 nitrogen and oxygen atoms in total. The SMILES string of the molecule is C=CC(=O)N1[C@H](C)CN(C(=O)C(C)(C)C)C[C@@H]1C. The molecule has 0 saturated carbocycles. The number of rotatable bonds is 1. The third-order valence-electron chi connectivity index (χ3n) is 3.28. The number of amides is 2. The molecular formula is C14H24N2O2. The Hall–Kier alpha value is -1.32. The number of hydrogen-bond acceptors (Lipinski definition) is 2. The number of carbonyl (C=O) groups excluding carboxylic acids is 2. The fourth-order valence-corrected chi connectivity index (χ4v) is 2.50. The van der Waals surface area contributed by atoms with Crippen LogP contribution in [0.25, 0.3) is 0 Å². The molecule has 1 aliphatic heterocycles. The third kappa shape index (κ3) is 2.92. The summed E-state index contributed by atoms with van der Waals surface area (Å²) in [6.45, 7) is 14.4. The topological polar surface area (TPSA) is 40.6 Å². The molecule has 2 atom stereocenters. The first-order chi connectivity index (χ1) is 8.18. The van der Waals surface area contributed by atoms with Gasteiger partial charge in [0.25, 0.3) is 0 Å². The van der Waals surface area contributed by atoms with Gasteiger partial charge in [0.2, 0.25) is 11.8 Å². The number of hydrogen-bond donors (Lipinski definition) is 0. The Labute approximate surface area is 110 Å². The lowest BCUT2D eigenvalue weighted by Gasteiger charge is -2.45. The minimum atomic E-state index is -0.371. The average molecular weight is 252 g/mol. The monoisotopic (exact) mass is 252 g/mol. The van der Waals surface area contributed by atoms with E-state index in [1.54, 1.807) is 4.90 Å². The van der Waals surface area contributed by atoms with E-state index >= 15 is 0 Å². The molecule has 1 saturated heterocycles. The lowest BCUT2D eigenvalue weighted by atomic mass is 9.93. The van der Waals surface area contributed by atoms with Crippen LogP contribution < -0.4 is 0 Å². The molecule has 1 heterocycles. The van der Waals surface area contributed by atoms with Crippen LogP contribution in [0, 0.1) is 5.41 Å². The van der Waals surface area contributed by atoms with Crippen molar-refractivity contribution in [3.05, 3.63) is 12.7 Å². The van der Waals surface area contributed by atoms with E-state index in [9.17, 15) is 9.59 Å². The summed E-state index contributed by atoms with van der Waals surface area (Å²) in [7, 11) is 0. The molecule has 1 aliphatic rings. The van der Waals surface area contributed by atoms with Crippen LogP contribution in [0.5, 0.6) is 0 Å². The van der Waals surface area contributed by atoms with Gasteiger partial charge in [-0.1, -0.05) is 27.4 Å². The first-order valence-electron chi connectivity index (χ1n) is 6.42. The van der Waals surface area contributed by atoms with Gasteiger partial charge in [-0.05, 0) is 19.9 Å². The fourth-order valence-electron chi connectivity index (χ4n) is 2.50. The first-order valence-corrected chi connectivity index (χ1v) is 6.42. The van der Waals surface area contributed by atoms with E-state index < -0.39 is 0 Å². The lowest BCUT2D eigenvalue weighted by molar-refractivity contribution is -0.148. The molecule has 0 aromatic heterocycles. The van der Waals surface area contributed by atoms with Gasteiger partial charge in [0.05, 0.1) is 0 Å². The van der Waals surface area contributed by atoms with Crippen molar-refractivity contribution in [2.24, 2.45) is 5.41 Å². The maximum absolute atomic E-state index is 12.3. The van der Waals surface area contributed by atoms with Crippen molar-refractivity contribution in [3.63, 3.8) is 0 Å². The van der Waals surface area contributed by atoms with Crippen molar-refractivity contribution < 1.29 is 9.59 Å². The molecule has 1 fully saturated rings. The summed E-state index contributed by atoms with van der Waals surface area (Å²) in [5.74, 6) is 0.0877. The molecule has 0 radical (unpaired) electrons. The largest absolute Gasteiger partial charge is 0.338 e. The zero-order valence-electron chi connectivity index (χ0n) is 12.1. The van der Waals surface area contributed by atoms with Crippen LogP contribution in [0.1, 0.15) is 34.6 Å². The van der Waals surface area contributed by atoms with Crippen LogP contribution in [0.4, 0.5) is 0 Å². The minimum Gasteiger partial charge on any atom is -0.338 e. The number of carbonyl (C=O) groups is 2. The highest BCUT2D eigenvalue weighted by atomic mass is 16.2. The molecule has 102 valence electrons. The highest BCUT2D eigenvalue weighted by Crippen LogP contribution is 2.23. The summed E-state index contributed by atoms with van der Waals surface area (Å²) in [5, 5.41) is 0. The van der Waals surface area contributed by atoms with Crippen LogP contribution >= 0.6 is 0 Å². The Balaban J connectivity index is 2.82. The summed E-state index contributed by atoms with van der Waals surface area (Å²) in [4.78, 5) is 27.7. The van der Waals surface area contributed by atoms with E-state index in [1.807, 2.05) is 39.5 Å². The van der Waals surface area contributed by atoms with Crippen molar-refractivity contribution in [3.8, 4) is 0 Å². The van der Waals surface area contributed by atoms with Gasteiger partial charge in [-0.2, -0.15) is 0 Å². The zero-order valence-corrected chi connectivity index (χ0v) is 12.1. The molecule has 0 bridgehead atoms. The Morgan fingerprint density at radius 1 is 1.17 bits per heavy atom. The minimum absolute atomic E-state index is 0.0329. The molecule has 18 heavy (non-hydrogen) atoms. The Morgan fingerprint density at radius 3 is 1.94 bits per heavy atom. The van der Waals surface area contributed by atoms with E-state index in [2.05, 4.69) is 6.58 Å². The zero-order chi connectivity index (χ0) is 14.1. The van der Waals surface area contributed by atoms with Gasteiger partial charge in [0, 0.05) is 30.6 Å². The first kappa shape index (κ1) is 14.7. The van der Waals surface area contributed by atoms with Crippen LogP contribution in [-0.2, 0) is 9.59 Å². The van der Waals surface area contributed by atoms with Crippen molar-refractivity contribution >= 4 is 11.8 Å². The van der Waals surface area contributed by atoms with Crippen LogP contribution in [0.15, 0.2) is 12.7 Å². The smallest absolute Gasteiger partial charge is 0.246 e.